The summed E-state index contributed by atoms with van der Waals surface area (Å²) >= 11 is 2.12. The molecule has 0 radical (unpaired) electrons. The number of methoxy groups -OCH3 is 1. The molecule has 0 spiro atoms. The van der Waals surface area contributed by atoms with E-state index in [0.29, 0.717) is 12.4 Å². The van der Waals surface area contributed by atoms with Crippen molar-refractivity contribution in [3.8, 4) is 11.5 Å². The minimum absolute atomic E-state index is 0.162. The molecule has 2 rings (SSSR count). The number of rotatable bonds is 7. The lowest BCUT2D eigenvalue weighted by Crippen LogP contribution is -2.11. The smallest absolute Gasteiger partial charge is 0.171 e. The molecule has 0 aromatic heterocycles. The third-order valence-electron chi connectivity index (χ3n) is 4.27. The third kappa shape index (κ3) is 4.63. The van der Waals surface area contributed by atoms with Gasteiger partial charge in [0.2, 0.25) is 0 Å². The van der Waals surface area contributed by atoms with Crippen molar-refractivity contribution in [2.45, 2.75) is 39.2 Å². The zero-order valence-electron chi connectivity index (χ0n) is 14.6. The van der Waals surface area contributed by atoms with Gasteiger partial charge in [0, 0.05) is 0 Å². The van der Waals surface area contributed by atoms with Gasteiger partial charge in [0.25, 0.3) is 0 Å². The Bertz CT molecular complexity index is 674. The molecule has 0 aliphatic carbocycles. The number of aromatic hydroxyl groups is 1. The van der Waals surface area contributed by atoms with Gasteiger partial charge < -0.3 is 14.6 Å². The molecule has 3 nitrogen and oxygen atoms in total. The van der Waals surface area contributed by atoms with Crippen LogP contribution in [0, 0.1) is 3.57 Å². The van der Waals surface area contributed by atoms with Gasteiger partial charge in [0.1, 0.15) is 0 Å². The lowest BCUT2D eigenvalue weighted by Gasteiger charge is -2.16. The highest BCUT2D eigenvalue weighted by Crippen LogP contribution is 2.33. The summed E-state index contributed by atoms with van der Waals surface area (Å²) in [6, 6.07) is 3.82. The topological polar surface area (TPSA) is 38.7 Å². The van der Waals surface area contributed by atoms with Crippen molar-refractivity contribution < 1.29 is 14.6 Å². The monoisotopic (exact) mass is 440 g/mol. The molecule has 0 amide bonds. The minimum atomic E-state index is 0.162. The van der Waals surface area contributed by atoms with Gasteiger partial charge in [-0.3, -0.25) is 0 Å². The van der Waals surface area contributed by atoms with Crippen molar-refractivity contribution in [3.63, 3.8) is 0 Å². The Morgan fingerprint density at radius 3 is 2.92 bits per heavy atom. The van der Waals surface area contributed by atoms with Gasteiger partial charge in [0.15, 0.2) is 11.5 Å². The van der Waals surface area contributed by atoms with Gasteiger partial charge in [-0.15, -0.1) is 0 Å². The summed E-state index contributed by atoms with van der Waals surface area (Å²) in [5.74, 6) is 0.699. The van der Waals surface area contributed by atoms with E-state index in [-0.39, 0.29) is 11.9 Å². The van der Waals surface area contributed by atoms with Crippen LogP contribution in [0.5, 0.6) is 11.5 Å². The zero-order valence-corrected chi connectivity index (χ0v) is 16.7. The zero-order chi connectivity index (χ0) is 17.7. The van der Waals surface area contributed by atoms with E-state index in [9.17, 15) is 5.11 Å². The summed E-state index contributed by atoms with van der Waals surface area (Å²) < 4.78 is 11.8. The minimum Gasteiger partial charge on any atom is -0.504 e. The van der Waals surface area contributed by atoms with Crippen molar-refractivity contribution >= 4 is 28.7 Å². The molecule has 1 heterocycles. The summed E-state index contributed by atoms with van der Waals surface area (Å²) in [6.45, 7) is 9.08. The second kappa shape index (κ2) is 8.72. The second-order valence-corrected chi connectivity index (χ2v) is 7.18. The molecule has 130 valence electrons. The molecule has 1 aliphatic heterocycles. The second-order valence-electron chi connectivity index (χ2n) is 6.02. The maximum Gasteiger partial charge on any atom is 0.171 e. The van der Waals surface area contributed by atoms with Crippen LogP contribution in [0.15, 0.2) is 41.5 Å². The molecule has 1 aliphatic rings. The van der Waals surface area contributed by atoms with Crippen molar-refractivity contribution in [1.82, 2.24) is 0 Å². The molecule has 0 saturated carbocycles. The van der Waals surface area contributed by atoms with E-state index in [2.05, 4.69) is 55.2 Å². The summed E-state index contributed by atoms with van der Waals surface area (Å²) in [6.07, 6.45) is 7.33. The molecule has 24 heavy (non-hydrogen) atoms. The Morgan fingerprint density at radius 1 is 1.50 bits per heavy atom. The molecule has 0 saturated heterocycles. The van der Waals surface area contributed by atoms with Crippen molar-refractivity contribution in [3.05, 3.63) is 50.6 Å². The molecular formula is C20H25IO3. The van der Waals surface area contributed by atoms with Crippen LogP contribution in [0.25, 0.3) is 6.08 Å². The number of hydrogen-bond donors (Lipinski definition) is 1. The Hall–Kier alpha value is -1.27. The molecular weight excluding hydrogens is 415 g/mol. The predicted octanol–water partition coefficient (Wildman–Crippen LogP) is 5.48. The highest BCUT2D eigenvalue weighted by atomic mass is 127. The average molecular weight is 440 g/mol. The number of halogens is 1. The van der Waals surface area contributed by atoms with Gasteiger partial charge in [0.05, 0.1) is 23.4 Å². The number of ether oxygens (including phenoxy) is 2. The van der Waals surface area contributed by atoms with Gasteiger partial charge >= 0.3 is 0 Å². The lowest BCUT2D eigenvalue weighted by molar-refractivity contribution is 0.116. The van der Waals surface area contributed by atoms with Crippen LogP contribution >= 0.6 is 22.6 Å². The van der Waals surface area contributed by atoms with Crippen molar-refractivity contribution in [2.24, 2.45) is 0 Å². The molecule has 1 unspecified atom stereocenters. The number of benzene rings is 1. The Balaban J connectivity index is 2.04. The molecule has 1 N–H and O–H groups in total. The number of phenolic OH excluding ortho intramolecular Hbond substituents is 1. The Labute approximate surface area is 158 Å². The van der Waals surface area contributed by atoms with E-state index >= 15 is 0 Å². The summed E-state index contributed by atoms with van der Waals surface area (Å²) in [5.41, 5.74) is 4.76. The normalized spacial score (nSPS) is 17.8. The van der Waals surface area contributed by atoms with Gasteiger partial charge in [-0.25, -0.2) is 0 Å². The van der Waals surface area contributed by atoms with Crippen molar-refractivity contribution in [1.29, 1.82) is 0 Å². The van der Waals surface area contributed by atoms with Gasteiger partial charge in [-0.1, -0.05) is 31.2 Å². The van der Waals surface area contributed by atoms with Crippen molar-refractivity contribution in [2.75, 3.05) is 13.7 Å². The highest BCUT2D eigenvalue weighted by Gasteiger charge is 2.21. The van der Waals surface area contributed by atoms with Crippen LogP contribution in [-0.4, -0.2) is 24.9 Å². The average Bonchev–Trinajstić information content (AvgIpc) is 3.03. The first-order valence-electron chi connectivity index (χ1n) is 8.19. The van der Waals surface area contributed by atoms with E-state index in [1.807, 2.05) is 12.1 Å². The fourth-order valence-electron chi connectivity index (χ4n) is 2.84. The quantitative estimate of drug-likeness (QED) is 0.571. The SMILES string of the molecule is C=C(CC)C1=CCOC1CC/C(C)=C/c1cc(I)c(O)c(OC)c1. The van der Waals surface area contributed by atoms with E-state index < -0.39 is 0 Å². The Morgan fingerprint density at radius 2 is 2.25 bits per heavy atom. The summed E-state index contributed by atoms with van der Waals surface area (Å²) in [4.78, 5) is 0. The largest absolute Gasteiger partial charge is 0.504 e. The van der Waals surface area contributed by atoms with Crippen LogP contribution in [0.2, 0.25) is 0 Å². The number of hydrogen-bond acceptors (Lipinski definition) is 3. The predicted molar refractivity (Wildman–Crippen MR) is 108 cm³/mol. The van der Waals surface area contributed by atoms with Crippen LogP contribution in [0.4, 0.5) is 0 Å². The number of allylic oxidation sites excluding steroid dienone is 1. The van der Waals surface area contributed by atoms with Crippen LogP contribution in [0.1, 0.15) is 38.7 Å². The van der Waals surface area contributed by atoms with Crippen LogP contribution < -0.4 is 4.74 Å². The van der Waals surface area contributed by atoms with Gasteiger partial charge in [-0.05, 0) is 77.6 Å². The van der Waals surface area contributed by atoms with E-state index in [1.165, 1.54) is 16.7 Å². The fourth-order valence-corrected chi connectivity index (χ4v) is 3.46. The highest BCUT2D eigenvalue weighted by molar-refractivity contribution is 14.1. The molecule has 1 aromatic carbocycles. The van der Waals surface area contributed by atoms with E-state index in [0.717, 1.165) is 28.4 Å². The van der Waals surface area contributed by atoms with Crippen LogP contribution in [0.3, 0.4) is 0 Å². The van der Waals surface area contributed by atoms with E-state index in [4.69, 9.17) is 9.47 Å². The van der Waals surface area contributed by atoms with Gasteiger partial charge in [-0.2, -0.15) is 0 Å². The molecule has 1 atom stereocenters. The Kier molecular flexibility index (Phi) is 6.92. The standard InChI is InChI=1S/C20H25IO3/c1-5-14(3)16-8-9-24-18(16)7-6-13(2)10-15-11-17(21)20(22)19(12-15)23-4/h8,10-12,18,22H,3,5-7,9H2,1-2,4H3/b13-10+. The van der Waals surface area contributed by atoms with E-state index in [1.54, 1.807) is 7.11 Å². The maximum absolute atomic E-state index is 9.92. The molecule has 0 bridgehead atoms. The molecule has 4 heteroatoms. The first-order chi connectivity index (χ1) is 11.5. The summed E-state index contributed by atoms with van der Waals surface area (Å²) in [5, 5.41) is 9.92. The fraction of sp³-hybridized carbons (Fsp3) is 0.400. The molecule has 1 aromatic rings. The van der Waals surface area contributed by atoms with Crippen LogP contribution in [-0.2, 0) is 4.74 Å². The molecule has 0 fully saturated rings. The first kappa shape index (κ1) is 19.1. The first-order valence-corrected chi connectivity index (χ1v) is 9.27. The lowest BCUT2D eigenvalue weighted by atomic mass is 9.96. The third-order valence-corrected chi connectivity index (χ3v) is 5.09. The maximum atomic E-state index is 9.92. The number of phenols is 1. The summed E-state index contributed by atoms with van der Waals surface area (Å²) in [7, 11) is 1.57.